The van der Waals surface area contributed by atoms with Crippen molar-refractivity contribution < 1.29 is 4.79 Å². The van der Waals surface area contributed by atoms with Crippen molar-refractivity contribution in [2.75, 3.05) is 11.1 Å². The Balaban J connectivity index is 1.57. The van der Waals surface area contributed by atoms with E-state index < -0.39 is 0 Å². The van der Waals surface area contributed by atoms with Crippen LogP contribution in [-0.2, 0) is 4.79 Å². The van der Waals surface area contributed by atoms with Gasteiger partial charge in [0.15, 0.2) is 0 Å². The highest BCUT2D eigenvalue weighted by Gasteiger charge is 2.14. The number of H-pyrrole nitrogens is 1. The topological polar surface area (TPSA) is 83.6 Å². The van der Waals surface area contributed by atoms with Crippen LogP contribution in [0.5, 0.6) is 0 Å². The molecule has 3 rings (SSSR count). The van der Waals surface area contributed by atoms with Crippen LogP contribution in [0.2, 0.25) is 0 Å². The average Bonchev–Trinajstić information content (AvgIpc) is 3.10. The van der Waals surface area contributed by atoms with Crippen LogP contribution in [0.25, 0.3) is 11.0 Å². The molecule has 1 atom stereocenters. The Hall–Kier alpha value is -1.93. The first-order valence-corrected chi connectivity index (χ1v) is 8.60. The van der Waals surface area contributed by atoms with E-state index in [-0.39, 0.29) is 11.2 Å². The number of fused-ring (bicyclic) bond motifs is 1. The number of aryl methyl sites for hydroxylation is 1. The second kappa shape index (κ2) is 6.45. The number of thioether (sulfide) groups is 1. The van der Waals surface area contributed by atoms with Crippen molar-refractivity contribution in [3.63, 3.8) is 0 Å². The summed E-state index contributed by atoms with van der Waals surface area (Å²) in [7, 11) is 0. The highest BCUT2D eigenvalue weighted by molar-refractivity contribution is 8.00. The monoisotopic (exact) mass is 333 g/mol. The SMILES string of the molecule is Cc1nsc(NC(=O)CS[C@H](C)c2nc3ccccc3[nH]2)n1. The molecule has 1 aromatic carbocycles. The molecule has 0 saturated carbocycles. The molecule has 22 heavy (non-hydrogen) atoms. The Labute approximate surface area is 135 Å². The van der Waals surface area contributed by atoms with Crippen molar-refractivity contribution in [1.29, 1.82) is 0 Å². The van der Waals surface area contributed by atoms with E-state index in [1.165, 1.54) is 23.3 Å². The normalized spacial score (nSPS) is 12.5. The van der Waals surface area contributed by atoms with Gasteiger partial charge in [-0.05, 0) is 26.0 Å². The smallest absolute Gasteiger partial charge is 0.236 e. The first kappa shape index (κ1) is 15.0. The summed E-state index contributed by atoms with van der Waals surface area (Å²) in [4.78, 5) is 23.9. The van der Waals surface area contributed by atoms with E-state index in [0.29, 0.717) is 16.7 Å². The van der Waals surface area contributed by atoms with Crippen molar-refractivity contribution in [2.24, 2.45) is 0 Å². The Morgan fingerprint density at radius 3 is 2.95 bits per heavy atom. The maximum atomic E-state index is 11.9. The maximum Gasteiger partial charge on any atom is 0.236 e. The second-order valence-electron chi connectivity index (χ2n) is 4.79. The number of hydrogen-bond donors (Lipinski definition) is 2. The Kier molecular flexibility index (Phi) is 4.39. The fraction of sp³-hybridized carbons (Fsp3) is 0.286. The van der Waals surface area contributed by atoms with Gasteiger partial charge in [-0.3, -0.25) is 4.79 Å². The largest absolute Gasteiger partial charge is 0.341 e. The van der Waals surface area contributed by atoms with Crippen LogP contribution in [0, 0.1) is 6.92 Å². The molecule has 8 heteroatoms. The molecular weight excluding hydrogens is 318 g/mol. The molecule has 3 aromatic rings. The minimum atomic E-state index is -0.0795. The van der Waals surface area contributed by atoms with Crippen molar-refractivity contribution in [1.82, 2.24) is 19.3 Å². The minimum absolute atomic E-state index is 0.0795. The van der Waals surface area contributed by atoms with Crippen molar-refractivity contribution >= 4 is 45.4 Å². The molecule has 2 N–H and O–H groups in total. The third kappa shape index (κ3) is 3.45. The predicted octanol–water partition coefficient (Wildman–Crippen LogP) is 3.16. The molecule has 0 radical (unpaired) electrons. The fourth-order valence-corrected chi connectivity index (χ4v) is 3.28. The Morgan fingerprint density at radius 1 is 1.41 bits per heavy atom. The number of anilines is 1. The standard InChI is InChI=1S/C14H15N5OS2/c1-8(13-16-10-5-3-4-6-11(10)17-13)21-7-12(20)18-14-15-9(2)19-22-14/h3-6,8H,7H2,1-2H3,(H,16,17)(H,15,18,19,20)/t8-/m1/s1. The quantitative estimate of drug-likeness (QED) is 0.749. The summed E-state index contributed by atoms with van der Waals surface area (Å²) in [6.07, 6.45) is 0. The molecule has 0 aliphatic carbocycles. The van der Waals surface area contributed by atoms with Gasteiger partial charge in [-0.25, -0.2) is 9.97 Å². The zero-order chi connectivity index (χ0) is 15.5. The molecule has 2 aromatic heterocycles. The van der Waals surface area contributed by atoms with Crippen LogP contribution in [0.1, 0.15) is 23.8 Å². The number of aromatic nitrogens is 4. The van der Waals surface area contributed by atoms with E-state index in [0.717, 1.165) is 16.9 Å². The number of nitrogens with one attached hydrogen (secondary N) is 2. The molecule has 0 bridgehead atoms. The van der Waals surface area contributed by atoms with Gasteiger partial charge in [0.05, 0.1) is 22.0 Å². The second-order valence-corrected chi connectivity index (χ2v) is 6.87. The minimum Gasteiger partial charge on any atom is -0.341 e. The number of hydrogen-bond acceptors (Lipinski definition) is 6. The lowest BCUT2D eigenvalue weighted by atomic mass is 10.3. The van der Waals surface area contributed by atoms with E-state index >= 15 is 0 Å². The van der Waals surface area contributed by atoms with Crippen LogP contribution in [0.15, 0.2) is 24.3 Å². The molecule has 6 nitrogen and oxygen atoms in total. The predicted molar refractivity (Wildman–Crippen MR) is 90.2 cm³/mol. The summed E-state index contributed by atoms with van der Waals surface area (Å²) < 4.78 is 4.03. The molecule has 0 saturated heterocycles. The van der Waals surface area contributed by atoms with Crippen LogP contribution in [0.4, 0.5) is 5.13 Å². The number of amides is 1. The number of carbonyl (C=O) groups excluding carboxylic acids is 1. The number of carbonyl (C=O) groups is 1. The molecule has 2 heterocycles. The maximum absolute atomic E-state index is 11.9. The summed E-state index contributed by atoms with van der Waals surface area (Å²) in [5.74, 6) is 1.81. The number of nitrogens with zero attached hydrogens (tertiary/aromatic N) is 3. The van der Waals surface area contributed by atoms with Gasteiger partial charge in [0.2, 0.25) is 11.0 Å². The van der Waals surface area contributed by atoms with E-state index in [2.05, 4.69) is 24.6 Å². The molecule has 0 unspecified atom stereocenters. The van der Waals surface area contributed by atoms with Gasteiger partial charge in [0.1, 0.15) is 11.6 Å². The van der Waals surface area contributed by atoms with E-state index in [1.807, 2.05) is 31.2 Å². The highest BCUT2D eigenvalue weighted by atomic mass is 32.2. The summed E-state index contributed by atoms with van der Waals surface area (Å²) in [6, 6.07) is 7.90. The van der Waals surface area contributed by atoms with E-state index in [9.17, 15) is 4.79 Å². The van der Waals surface area contributed by atoms with Gasteiger partial charge >= 0.3 is 0 Å². The Bertz CT molecular complexity index is 764. The average molecular weight is 333 g/mol. The molecule has 0 fully saturated rings. The molecular formula is C14H15N5OS2. The van der Waals surface area contributed by atoms with E-state index in [4.69, 9.17) is 0 Å². The lowest BCUT2D eigenvalue weighted by Crippen LogP contribution is -2.14. The van der Waals surface area contributed by atoms with Crippen molar-refractivity contribution in [2.45, 2.75) is 19.1 Å². The number of para-hydroxylation sites is 2. The molecule has 0 spiro atoms. The van der Waals surface area contributed by atoms with Gasteiger partial charge in [0, 0.05) is 11.5 Å². The first-order chi connectivity index (χ1) is 10.6. The van der Waals surface area contributed by atoms with Gasteiger partial charge < -0.3 is 10.3 Å². The lowest BCUT2D eigenvalue weighted by Gasteiger charge is -2.07. The number of aromatic amines is 1. The zero-order valence-electron chi connectivity index (χ0n) is 12.2. The third-order valence-electron chi connectivity index (χ3n) is 3.03. The number of benzene rings is 1. The van der Waals surface area contributed by atoms with Crippen LogP contribution in [-0.4, -0.2) is 31.0 Å². The molecule has 114 valence electrons. The van der Waals surface area contributed by atoms with Crippen molar-refractivity contribution in [3.05, 3.63) is 35.9 Å². The first-order valence-electron chi connectivity index (χ1n) is 6.78. The van der Waals surface area contributed by atoms with Crippen molar-refractivity contribution in [3.8, 4) is 0 Å². The summed E-state index contributed by atoms with van der Waals surface area (Å²) in [5, 5.41) is 3.40. The third-order valence-corrected chi connectivity index (χ3v) is 4.91. The highest BCUT2D eigenvalue weighted by Crippen LogP contribution is 2.27. The Morgan fingerprint density at radius 2 is 2.23 bits per heavy atom. The fourth-order valence-electron chi connectivity index (χ4n) is 1.95. The van der Waals surface area contributed by atoms with Crippen LogP contribution >= 0.6 is 23.3 Å². The van der Waals surface area contributed by atoms with Gasteiger partial charge in [-0.1, -0.05) is 12.1 Å². The van der Waals surface area contributed by atoms with Crippen LogP contribution in [0.3, 0.4) is 0 Å². The number of imidazole rings is 1. The molecule has 0 aliphatic heterocycles. The van der Waals surface area contributed by atoms with Gasteiger partial charge in [-0.2, -0.15) is 4.37 Å². The van der Waals surface area contributed by atoms with Gasteiger partial charge in [0.25, 0.3) is 0 Å². The summed E-state index contributed by atoms with van der Waals surface area (Å²) in [6.45, 7) is 3.83. The van der Waals surface area contributed by atoms with Crippen LogP contribution < -0.4 is 5.32 Å². The lowest BCUT2D eigenvalue weighted by molar-refractivity contribution is -0.113. The zero-order valence-corrected chi connectivity index (χ0v) is 13.8. The summed E-state index contributed by atoms with van der Waals surface area (Å²) in [5.41, 5.74) is 1.96. The number of rotatable bonds is 5. The molecule has 1 amide bonds. The van der Waals surface area contributed by atoms with E-state index in [1.54, 1.807) is 6.92 Å². The van der Waals surface area contributed by atoms with Gasteiger partial charge in [-0.15, -0.1) is 11.8 Å². The molecule has 0 aliphatic rings. The summed E-state index contributed by atoms with van der Waals surface area (Å²) >= 11 is 2.72.